The van der Waals surface area contributed by atoms with Gasteiger partial charge in [-0.2, -0.15) is 4.73 Å². The van der Waals surface area contributed by atoms with Crippen molar-refractivity contribution in [3.05, 3.63) is 161 Å². The molecule has 10 rings (SSSR count). The number of nitrogens with zero attached hydrogens (tertiary/aromatic N) is 2. The minimum absolute atomic E-state index is 0.600. The Kier molecular flexibility index (Phi) is 9.18. The van der Waals surface area contributed by atoms with Gasteiger partial charge < -0.3 is 33.0 Å². The van der Waals surface area contributed by atoms with E-state index in [0.29, 0.717) is 23.7 Å². The maximum atomic E-state index is 12.2. The van der Waals surface area contributed by atoms with Crippen LogP contribution < -0.4 is 23.7 Å². The summed E-state index contributed by atoms with van der Waals surface area (Å²) in [6, 6.07) is 36.4. The number of hydrogen-bond donors (Lipinski definition) is 0. The van der Waals surface area contributed by atoms with Gasteiger partial charge in [0.05, 0.1) is 33.8 Å². The number of pyridine rings is 2. The minimum Gasteiger partial charge on any atom is -0.619 e. The first-order valence-corrected chi connectivity index (χ1v) is 18.5. The highest BCUT2D eigenvalue weighted by molar-refractivity contribution is 6.06. The molecule has 0 bridgehead atoms. The summed E-state index contributed by atoms with van der Waals surface area (Å²) in [7, 11) is 6.50. The van der Waals surface area contributed by atoms with E-state index < -0.39 is 0 Å². The molecule has 10 aromatic rings. The van der Waals surface area contributed by atoms with Gasteiger partial charge in [-0.05, 0) is 89.2 Å². The van der Waals surface area contributed by atoms with Gasteiger partial charge in [0.2, 0.25) is 0 Å². The highest BCUT2D eigenvalue weighted by Crippen LogP contribution is 2.37. The van der Waals surface area contributed by atoms with E-state index in [-0.39, 0.29) is 0 Å². The van der Waals surface area contributed by atoms with E-state index in [9.17, 15) is 5.21 Å². The fourth-order valence-corrected chi connectivity index (χ4v) is 7.72. The molecule has 0 unspecified atom stereocenters. The Morgan fingerprint density at radius 2 is 0.947 bits per heavy atom. The zero-order valence-corrected chi connectivity index (χ0v) is 31.9. The van der Waals surface area contributed by atoms with Gasteiger partial charge in [-0.15, -0.1) is 0 Å². The van der Waals surface area contributed by atoms with Gasteiger partial charge in [0.25, 0.3) is 0 Å². The van der Waals surface area contributed by atoms with Crippen molar-refractivity contribution in [1.29, 1.82) is 0 Å². The molecule has 6 aromatic carbocycles. The smallest absolute Gasteiger partial charge is 0.188 e. The summed E-state index contributed by atoms with van der Waals surface area (Å²) in [5.41, 5.74) is 7.94. The zero-order valence-electron chi connectivity index (χ0n) is 31.9. The maximum Gasteiger partial charge on any atom is 0.188 e. The molecule has 0 fully saturated rings. The van der Waals surface area contributed by atoms with Crippen LogP contribution in [0.25, 0.3) is 65.4 Å². The van der Waals surface area contributed by atoms with Crippen molar-refractivity contribution >= 4 is 65.4 Å². The summed E-state index contributed by atoms with van der Waals surface area (Å²) < 4.78 is 34.4. The van der Waals surface area contributed by atoms with Crippen molar-refractivity contribution in [2.75, 3.05) is 28.4 Å². The minimum atomic E-state index is 0.600. The van der Waals surface area contributed by atoms with Crippen LogP contribution >= 0.6 is 0 Å². The summed E-state index contributed by atoms with van der Waals surface area (Å²) in [5.74, 6) is 2.67. The van der Waals surface area contributed by atoms with Crippen LogP contribution in [0.5, 0.6) is 23.0 Å². The number of methoxy groups -OCH3 is 4. The summed E-state index contributed by atoms with van der Waals surface area (Å²) in [6.07, 6.45) is 8.33. The molecule has 0 aliphatic heterocycles. The molecule has 0 saturated heterocycles. The number of para-hydroxylation sites is 2. The molecule has 0 aliphatic rings. The molecule has 0 atom stereocenters. The number of aromatic nitrogens is 2. The third-order valence-corrected chi connectivity index (χ3v) is 10.5. The van der Waals surface area contributed by atoms with Gasteiger partial charge >= 0.3 is 0 Å². The number of ether oxygens (including phenoxy) is 4. The summed E-state index contributed by atoms with van der Waals surface area (Å²) in [6.45, 7) is 0. The molecule has 0 radical (unpaired) electrons. The second-order valence-corrected chi connectivity index (χ2v) is 13.9. The first-order chi connectivity index (χ1) is 27.9. The first kappa shape index (κ1) is 35.4. The van der Waals surface area contributed by atoms with Crippen molar-refractivity contribution < 1.29 is 32.5 Å². The highest BCUT2D eigenvalue weighted by Gasteiger charge is 2.16. The van der Waals surface area contributed by atoms with E-state index >= 15 is 0 Å². The van der Waals surface area contributed by atoms with Gasteiger partial charge in [-0.25, -0.2) is 0 Å². The number of benzene rings is 6. The quantitative estimate of drug-likeness (QED) is 0.112. The predicted octanol–water partition coefficient (Wildman–Crippen LogP) is 10.7. The fraction of sp³-hybridized carbons (Fsp3) is 0.125. The van der Waals surface area contributed by atoms with Gasteiger partial charge in [-0.1, -0.05) is 48.5 Å². The van der Waals surface area contributed by atoms with Crippen molar-refractivity contribution in [1.82, 2.24) is 4.98 Å². The zero-order chi connectivity index (χ0) is 39.0. The Balaban J connectivity index is 0.000000148. The molecule has 0 saturated carbocycles. The van der Waals surface area contributed by atoms with Crippen molar-refractivity contribution in [3.8, 4) is 23.0 Å². The first-order valence-electron chi connectivity index (χ1n) is 18.5. The standard InChI is InChI=1S/C24H19NO4.C24H19NO3/c1-27-23-11-17-14-25(26)13-16(19(17)12-24(23)28-2)9-15-7-8-22-20(10-15)18-5-3-4-6-21(18)29-22;1-26-23-11-17-14-25-13-16(19(17)12-24(23)27-2)9-15-7-8-22-20(10-15)18-5-3-4-6-21(18)28-22/h3-8,10-14H,9H2,1-2H3;3-8,10-14H,9H2,1-2H3. The van der Waals surface area contributed by atoms with Crippen LogP contribution in [-0.4, -0.2) is 33.4 Å². The lowest BCUT2D eigenvalue weighted by Gasteiger charge is -2.12. The van der Waals surface area contributed by atoms with E-state index in [4.69, 9.17) is 27.8 Å². The van der Waals surface area contributed by atoms with E-state index in [1.165, 1.54) is 5.56 Å². The monoisotopic (exact) mass is 754 g/mol. The second kappa shape index (κ2) is 14.8. The molecule has 4 heterocycles. The molecular weight excluding hydrogens is 717 g/mol. The Morgan fingerprint density at radius 3 is 1.51 bits per heavy atom. The van der Waals surface area contributed by atoms with Gasteiger partial charge in [0, 0.05) is 56.7 Å². The Bertz CT molecular complexity index is 3110. The van der Waals surface area contributed by atoms with Crippen LogP contribution in [0.15, 0.2) is 143 Å². The van der Waals surface area contributed by atoms with Crippen LogP contribution in [0.1, 0.15) is 22.3 Å². The molecular formula is C48H38N2O7. The molecule has 0 N–H and O–H groups in total. The molecule has 9 heteroatoms. The van der Waals surface area contributed by atoms with E-state index in [1.807, 2.05) is 91.3 Å². The molecule has 282 valence electrons. The summed E-state index contributed by atoms with van der Waals surface area (Å²) >= 11 is 0. The number of rotatable bonds is 8. The third-order valence-electron chi connectivity index (χ3n) is 10.5. The topological polar surface area (TPSA) is 103 Å². The number of fused-ring (bicyclic) bond motifs is 8. The van der Waals surface area contributed by atoms with E-state index in [2.05, 4.69) is 35.3 Å². The van der Waals surface area contributed by atoms with Gasteiger partial charge in [0.1, 0.15) is 22.3 Å². The maximum absolute atomic E-state index is 12.2. The van der Waals surface area contributed by atoms with Crippen molar-refractivity contribution in [3.63, 3.8) is 0 Å². The molecule has 0 spiro atoms. The third kappa shape index (κ3) is 6.63. The van der Waals surface area contributed by atoms with Crippen LogP contribution in [0.4, 0.5) is 0 Å². The molecule has 9 nitrogen and oxygen atoms in total. The Hall–Kier alpha value is -7.26. The normalized spacial score (nSPS) is 11.4. The van der Waals surface area contributed by atoms with Crippen LogP contribution in [0.3, 0.4) is 0 Å². The number of hydrogen-bond acceptors (Lipinski definition) is 8. The van der Waals surface area contributed by atoms with E-state index in [0.717, 1.165) is 99.0 Å². The molecule has 0 amide bonds. The lowest BCUT2D eigenvalue weighted by Crippen LogP contribution is -2.25. The Morgan fingerprint density at radius 1 is 0.474 bits per heavy atom. The number of furan rings is 2. The predicted molar refractivity (Wildman–Crippen MR) is 224 cm³/mol. The Labute approximate surface area is 327 Å². The molecule has 4 aromatic heterocycles. The average molecular weight is 755 g/mol. The van der Waals surface area contributed by atoms with Gasteiger partial charge in [0.15, 0.2) is 35.4 Å². The largest absolute Gasteiger partial charge is 0.619 e. The summed E-state index contributed by atoms with van der Waals surface area (Å²) in [4.78, 5) is 4.43. The van der Waals surface area contributed by atoms with Crippen molar-refractivity contribution in [2.45, 2.75) is 12.8 Å². The van der Waals surface area contributed by atoms with E-state index in [1.54, 1.807) is 40.8 Å². The molecule has 57 heavy (non-hydrogen) atoms. The lowest BCUT2D eigenvalue weighted by molar-refractivity contribution is -0.604. The molecule has 0 aliphatic carbocycles. The second-order valence-electron chi connectivity index (χ2n) is 13.9. The highest BCUT2D eigenvalue weighted by atomic mass is 16.5. The summed E-state index contributed by atoms with van der Waals surface area (Å²) in [5, 5.41) is 20.6. The van der Waals surface area contributed by atoms with Crippen LogP contribution in [0, 0.1) is 5.21 Å². The fourth-order valence-electron chi connectivity index (χ4n) is 7.72. The average Bonchev–Trinajstić information content (AvgIpc) is 3.81. The van der Waals surface area contributed by atoms with Crippen LogP contribution in [-0.2, 0) is 12.8 Å². The van der Waals surface area contributed by atoms with Gasteiger partial charge in [-0.3, -0.25) is 4.98 Å². The van der Waals surface area contributed by atoms with Crippen molar-refractivity contribution in [2.24, 2.45) is 0 Å². The van der Waals surface area contributed by atoms with Crippen LogP contribution in [0.2, 0.25) is 0 Å². The lowest BCUT2D eigenvalue weighted by atomic mass is 9.99. The SMILES string of the molecule is COc1cc2c[n+]([O-])cc(Cc3ccc4oc5ccccc5c4c3)c2cc1OC.COc1cc2cncc(Cc3ccc4oc5ccccc5c4c3)c2cc1OC.